The van der Waals surface area contributed by atoms with Gasteiger partial charge in [-0.15, -0.1) is 23.1 Å². The lowest BCUT2D eigenvalue weighted by Crippen LogP contribution is -2.32. The third kappa shape index (κ3) is 3.06. The van der Waals surface area contributed by atoms with Crippen molar-refractivity contribution in [2.24, 2.45) is 0 Å². The van der Waals surface area contributed by atoms with Crippen molar-refractivity contribution in [1.29, 1.82) is 0 Å². The Hall–Kier alpha value is -0.390. The number of aryl methyl sites for hydroxylation is 1. The van der Waals surface area contributed by atoms with Crippen molar-refractivity contribution in [2.45, 2.75) is 30.0 Å². The summed E-state index contributed by atoms with van der Waals surface area (Å²) in [5.74, 6) is 1.05. The topological polar surface area (TPSA) is 33.2 Å². The minimum absolute atomic E-state index is 0.170. The summed E-state index contributed by atoms with van der Waals surface area (Å²) in [7, 11) is 0. The van der Waals surface area contributed by atoms with Crippen LogP contribution in [0.1, 0.15) is 17.8 Å². The molecular formula is C11H16N2OS2. The van der Waals surface area contributed by atoms with Gasteiger partial charge in [-0.3, -0.25) is 4.90 Å². The van der Waals surface area contributed by atoms with Crippen LogP contribution in [-0.4, -0.2) is 41.1 Å². The average molecular weight is 256 g/mol. The van der Waals surface area contributed by atoms with Crippen molar-refractivity contribution in [2.75, 3.05) is 18.8 Å². The van der Waals surface area contributed by atoms with E-state index in [1.165, 1.54) is 4.21 Å². The lowest BCUT2D eigenvalue weighted by molar-refractivity contribution is -0.111. The molecule has 0 aromatic carbocycles. The highest BCUT2D eigenvalue weighted by atomic mass is 32.2. The molecule has 1 saturated heterocycles. The van der Waals surface area contributed by atoms with Crippen LogP contribution < -0.4 is 0 Å². The molecule has 1 aliphatic rings. The summed E-state index contributed by atoms with van der Waals surface area (Å²) in [5.41, 5.74) is 0. The Bertz CT molecular complexity index is 354. The van der Waals surface area contributed by atoms with Gasteiger partial charge in [-0.2, -0.15) is 0 Å². The number of thiazole rings is 1. The maximum atomic E-state index is 10.8. The van der Waals surface area contributed by atoms with Crippen molar-refractivity contribution < 1.29 is 4.79 Å². The van der Waals surface area contributed by atoms with E-state index in [-0.39, 0.29) is 6.04 Å². The zero-order valence-electron chi connectivity index (χ0n) is 9.39. The summed E-state index contributed by atoms with van der Waals surface area (Å²) in [4.78, 5) is 17.3. The Morgan fingerprint density at radius 3 is 3.31 bits per heavy atom. The van der Waals surface area contributed by atoms with Gasteiger partial charge in [-0.05, 0) is 26.3 Å². The number of carbonyl (C=O) groups excluding carboxylic acids is 1. The van der Waals surface area contributed by atoms with E-state index < -0.39 is 0 Å². The smallest absolute Gasteiger partial charge is 0.137 e. The maximum absolute atomic E-state index is 10.8. The number of rotatable bonds is 5. The van der Waals surface area contributed by atoms with Crippen molar-refractivity contribution in [3.05, 3.63) is 11.2 Å². The van der Waals surface area contributed by atoms with Crippen molar-refractivity contribution in [3.8, 4) is 0 Å². The molecule has 0 bridgehead atoms. The minimum Gasteiger partial charge on any atom is -0.302 e. The van der Waals surface area contributed by atoms with Gasteiger partial charge in [-0.1, -0.05) is 0 Å². The summed E-state index contributed by atoms with van der Waals surface area (Å²) in [6.45, 7) is 4.11. The standard InChI is InChI=1S/C11H16N2OS2/c1-9-12-7-11(16-9)15-6-5-13-4-2-3-10(13)8-14/h7-8,10H,2-6H2,1H3/t10-/m0/s1. The fourth-order valence-corrected chi connectivity index (χ4v) is 3.96. The summed E-state index contributed by atoms with van der Waals surface area (Å²) in [5, 5.41) is 1.12. The Balaban J connectivity index is 1.73. The van der Waals surface area contributed by atoms with Gasteiger partial charge in [0.25, 0.3) is 0 Å². The molecule has 1 aliphatic heterocycles. The molecule has 16 heavy (non-hydrogen) atoms. The quantitative estimate of drug-likeness (QED) is 0.597. The zero-order valence-corrected chi connectivity index (χ0v) is 11.0. The molecule has 0 N–H and O–H groups in total. The van der Waals surface area contributed by atoms with Gasteiger partial charge in [0.1, 0.15) is 6.29 Å². The molecule has 2 rings (SSSR count). The second kappa shape index (κ2) is 5.80. The van der Waals surface area contributed by atoms with Crippen LogP contribution >= 0.6 is 23.1 Å². The number of carbonyl (C=O) groups is 1. The number of hydrogen-bond donors (Lipinski definition) is 0. The Morgan fingerprint density at radius 2 is 2.62 bits per heavy atom. The third-order valence-corrected chi connectivity index (χ3v) is 4.88. The molecule has 5 heteroatoms. The SMILES string of the molecule is Cc1ncc(SCCN2CCC[C@H]2C=O)s1. The number of aldehydes is 1. The van der Waals surface area contributed by atoms with E-state index in [1.54, 1.807) is 11.3 Å². The Morgan fingerprint density at radius 1 is 1.75 bits per heavy atom. The average Bonchev–Trinajstić information content (AvgIpc) is 2.87. The van der Waals surface area contributed by atoms with Crippen LogP contribution in [0.4, 0.5) is 0 Å². The van der Waals surface area contributed by atoms with E-state index in [1.807, 2.05) is 24.9 Å². The van der Waals surface area contributed by atoms with E-state index in [0.29, 0.717) is 0 Å². The molecule has 0 spiro atoms. The molecule has 0 radical (unpaired) electrons. The van der Waals surface area contributed by atoms with Gasteiger partial charge in [-0.25, -0.2) is 4.98 Å². The molecule has 1 fully saturated rings. The highest BCUT2D eigenvalue weighted by molar-refractivity contribution is 8.01. The largest absolute Gasteiger partial charge is 0.302 e. The molecule has 1 aromatic heterocycles. The third-order valence-electron chi connectivity index (χ3n) is 2.79. The van der Waals surface area contributed by atoms with Gasteiger partial charge < -0.3 is 4.79 Å². The summed E-state index contributed by atoms with van der Waals surface area (Å²) in [6.07, 6.45) is 5.22. The van der Waals surface area contributed by atoms with Crippen molar-refractivity contribution in [1.82, 2.24) is 9.88 Å². The molecule has 0 amide bonds. The first-order valence-corrected chi connectivity index (χ1v) is 7.34. The van der Waals surface area contributed by atoms with E-state index in [4.69, 9.17) is 0 Å². The maximum Gasteiger partial charge on any atom is 0.137 e. The van der Waals surface area contributed by atoms with Crippen LogP contribution in [0.3, 0.4) is 0 Å². The fourth-order valence-electron chi connectivity index (χ4n) is 1.96. The number of thioether (sulfide) groups is 1. The number of likely N-dealkylation sites (tertiary alicyclic amines) is 1. The van der Waals surface area contributed by atoms with Gasteiger partial charge in [0.05, 0.1) is 21.5 Å². The van der Waals surface area contributed by atoms with Crippen molar-refractivity contribution >= 4 is 29.4 Å². The highest BCUT2D eigenvalue weighted by Gasteiger charge is 2.22. The van der Waals surface area contributed by atoms with Gasteiger partial charge in [0, 0.05) is 12.3 Å². The van der Waals surface area contributed by atoms with E-state index in [9.17, 15) is 4.79 Å². The molecule has 88 valence electrons. The zero-order chi connectivity index (χ0) is 11.4. The van der Waals surface area contributed by atoms with Gasteiger partial charge >= 0.3 is 0 Å². The fraction of sp³-hybridized carbons (Fsp3) is 0.636. The highest BCUT2D eigenvalue weighted by Crippen LogP contribution is 2.25. The molecule has 2 heterocycles. The Kier molecular flexibility index (Phi) is 4.37. The molecule has 3 nitrogen and oxygen atoms in total. The molecule has 0 aliphatic carbocycles. The predicted molar refractivity (Wildman–Crippen MR) is 68.2 cm³/mol. The van der Waals surface area contributed by atoms with Crippen LogP contribution in [0.2, 0.25) is 0 Å². The second-order valence-electron chi connectivity index (χ2n) is 3.93. The lowest BCUT2D eigenvalue weighted by atomic mass is 10.2. The van der Waals surface area contributed by atoms with Crippen LogP contribution in [0.5, 0.6) is 0 Å². The first-order chi connectivity index (χ1) is 7.79. The number of aromatic nitrogens is 1. The minimum atomic E-state index is 0.170. The van der Waals surface area contributed by atoms with E-state index in [2.05, 4.69) is 9.88 Å². The first-order valence-electron chi connectivity index (χ1n) is 5.54. The normalized spacial score (nSPS) is 21.4. The van der Waals surface area contributed by atoms with Crippen LogP contribution in [0.25, 0.3) is 0 Å². The Labute approximate surface area is 104 Å². The monoisotopic (exact) mass is 256 g/mol. The molecular weight excluding hydrogens is 240 g/mol. The van der Waals surface area contributed by atoms with E-state index in [0.717, 1.165) is 43.0 Å². The second-order valence-corrected chi connectivity index (χ2v) is 6.56. The van der Waals surface area contributed by atoms with Gasteiger partial charge in [0.2, 0.25) is 0 Å². The molecule has 1 atom stereocenters. The molecule has 0 unspecified atom stereocenters. The van der Waals surface area contributed by atoms with Crippen LogP contribution in [0, 0.1) is 6.92 Å². The van der Waals surface area contributed by atoms with E-state index >= 15 is 0 Å². The van der Waals surface area contributed by atoms with Crippen LogP contribution in [-0.2, 0) is 4.79 Å². The lowest BCUT2D eigenvalue weighted by Gasteiger charge is -2.18. The number of hydrogen-bond acceptors (Lipinski definition) is 5. The summed E-state index contributed by atoms with van der Waals surface area (Å²) in [6, 6.07) is 0.170. The summed E-state index contributed by atoms with van der Waals surface area (Å²) >= 11 is 3.58. The first kappa shape index (κ1) is 12.1. The molecule has 1 aromatic rings. The van der Waals surface area contributed by atoms with Crippen molar-refractivity contribution in [3.63, 3.8) is 0 Å². The predicted octanol–water partition coefficient (Wildman–Crippen LogP) is 2.21. The van der Waals surface area contributed by atoms with Crippen LogP contribution in [0.15, 0.2) is 10.4 Å². The van der Waals surface area contributed by atoms with Gasteiger partial charge in [0.15, 0.2) is 0 Å². The number of nitrogens with zero attached hydrogens (tertiary/aromatic N) is 2. The summed E-state index contributed by atoms with van der Waals surface area (Å²) < 4.78 is 1.28. The molecule has 0 saturated carbocycles.